The zero-order valence-corrected chi connectivity index (χ0v) is 20.8. The lowest BCUT2D eigenvalue weighted by Crippen LogP contribution is -2.48. The Labute approximate surface area is 199 Å². The largest absolute Gasteiger partial charge is 0.497 e. The molecule has 2 aromatic carbocycles. The van der Waals surface area contributed by atoms with Gasteiger partial charge in [-0.25, -0.2) is 4.79 Å². The predicted molar refractivity (Wildman–Crippen MR) is 136 cm³/mol. The molecule has 1 fully saturated rings. The van der Waals surface area contributed by atoms with Gasteiger partial charge < -0.3 is 20.7 Å². The quantitative estimate of drug-likeness (QED) is 0.489. The Morgan fingerprint density at radius 2 is 1.62 bits per heavy atom. The fourth-order valence-electron chi connectivity index (χ4n) is 4.53. The molecule has 32 heavy (non-hydrogen) atoms. The number of urea groups is 1. The predicted octanol–water partition coefficient (Wildman–Crippen LogP) is 5.81. The molecular weight excluding hydrogens is 422 g/mol. The minimum atomic E-state index is -0.143. The number of para-hydroxylation sites is 1. The van der Waals surface area contributed by atoms with Crippen molar-refractivity contribution in [2.45, 2.75) is 57.8 Å². The van der Waals surface area contributed by atoms with Crippen molar-refractivity contribution in [3.8, 4) is 5.75 Å². The maximum absolute atomic E-state index is 13.0. The third-order valence-corrected chi connectivity index (χ3v) is 6.44. The fraction of sp³-hybridized carbons (Fsp3) is 0.500. The summed E-state index contributed by atoms with van der Waals surface area (Å²) in [5.74, 6) is 1.52. The molecule has 0 aromatic heterocycles. The van der Waals surface area contributed by atoms with E-state index in [1.807, 2.05) is 12.1 Å². The van der Waals surface area contributed by atoms with Crippen molar-refractivity contribution in [2.75, 3.05) is 32.1 Å². The average Bonchev–Trinajstić information content (AvgIpc) is 2.78. The van der Waals surface area contributed by atoms with Crippen molar-refractivity contribution in [2.24, 2.45) is 0 Å². The summed E-state index contributed by atoms with van der Waals surface area (Å²) in [7, 11) is 1.69. The molecule has 3 rings (SSSR count). The van der Waals surface area contributed by atoms with Gasteiger partial charge in [0, 0.05) is 17.6 Å². The average molecular weight is 460 g/mol. The van der Waals surface area contributed by atoms with E-state index in [2.05, 4.69) is 74.0 Å². The van der Waals surface area contributed by atoms with Gasteiger partial charge in [-0.1, -0.05) is 58.0 Å². The monoisotopic (exact) mass is 459 g/mol. The van der Waals surface area contributed by atoms with Crippen molar-refractivity contribution in [3.05, 3.63) is 59.2 Å². The molecule has 0 saturated carbocycles. The van der Waals surface area contributed by atoms with Gasteiger partial charge in [-0.3, -0.25) is 0 Å². The van der Waals surface area contributed by atoms with Crippen molar-refractivity contribution in [1.29, 1.82) is 0 Å². The molecule has 1 aliphatic rings. The number of hydrogen-bond acceptors (Lipinski definition) is 3. The first-order valence-electron chi connectivity index (χ1n) is 11.4. The van der Waals surface area contributed by atoms with Gasteiger partial charge in [-0.2, -0.15) is 0 Å². The lowest BCUT2D eigenvalue weighted by atomic mass is 9.73. The zero-order valence-electron chi connectivity index (χ0n) is 20.0. The molecule has 1 heterocycles. The lowest BCUT2D eigenvalue weighted by molar-refractivity contribution is 0.242. The van der Waals surface area contributed by atoms with E-state index in [9.17, 15) is 4.79 Å². The number of hydrogen-bond donors (Lipinski definition) is 3. The third-order valence-electron chi connectivity index (χ3n) is 6.44. The van der Waals surface area contributed by atoms with Crippen molar-refractivity contribution >= 4 is 24.1 Å². The van der Waals surface area contributed by atoms with E-state index in [1.54, 1.807) is 7.11 Å². The first kappa shape index (κ1) is 26.0. The van der Waals surface area contributed by atoms with Gasteiger partial charge in [0.25, 0.3) is 0 Å². The molecule has 2 aromatic rings. The van der Waals surface area contributed by atoms with E-state index in [-0.39, 0.29) is 23.9 Å². The van der Waals surface area contributed by atoms with Crippen LogP contribution in [0.1, 0.15) is 69.1 Å². The molecule has 0 bridgehead atoms. The van der Waals surface area contributed by atoms with Gasteiger partial charge in [-0.15, -0.1) is 12.4 Å². The summed E-state index contributed by atoms with van der Waals surface area (Å²) in [6.45, 7) is 11.1. The van der Waals surface area contributed by atoms with Crippen molar-refractivity contribution in [1.82, 2.24) is 10.6 Å². The highest BCUT2D eigenvalue weighted by Crippen LogP contribution is 2.35. The number of rotatable bonds is 7. The standard InChI is InChI=1S/C26H37N3O2.ClH/c1-18(2)22-10-7-11-23(19(3)4)24(22)29-25(30)28-17-26(12-14-27-15-13-26)20-8-6-9-21(16-20)31-5;/h6-11,16,18-19,27H,12-15,17H2,1-5H3,(H2,28,29,30);1H. The number of anilines is 1. The highest BCUT2D eigenvalue weighted by atomic mass is 35.5. The van der Waals surface area contributed by atoms with Gasteiger partial charge in [0.1, 0.15) is 5.75 Å². The fourth-order valence-corrected chi connectivity index (χ4v) is 4.53. The Bertz CT molecular complexity index is 866. The van der Waals surface area contributed by atoms with E-state index in [4.69, 9.17) is 4.74 Å². The van der Waals surface area contributed by atoms with E-state index in [1.165, 1.54) is 16.7 Å². The second kappa shape index (κ2) is 11.6. The Balaban J connectivity index is 0.00000363. The lowest BCUT2D eigenvalue weighted by Gasteiger charge is -2.38. The maximum atomic E-state index is 13.0. The van der Waals surface area contributed by atoms with Crippen LogP contribution in [0.15, 0.2) is 42.5 Å². The number of halogens is 1. The van der Waals surface area contributed by atoms with Crippen LogP contribution < -0.4 is 20.7 Å². The van der Waals surface area contributed by atoms with Crippen LogP contribution in [0.5, 0.6) is 5.75 Å². The summed E-state index contributed by atoms with van der Waals surface area (Å²) in [6.07, 6.45) is 1.94. The molecule has 0 unspecified atom stereocenters. The molecule has 1 aliphatic heterocycles. The minimum absolute atomic E-state index is 0. The van der Waals surface area contributed by atoms with Crippen LogP contribution in [0.4, 0.5) is 10.5 Å². The Morgan fingerprint density at radius 1 is 1.03 bits per heavy atom. The molecule has 5 nitrogen and oxygen atoms in total. The van der Waals surface area contributed by atoms with Crippen LogP contribution >= 0.6 is 12.4 Å². The second-order valence-corrected chi connectivity index (χ2v) is 9.19. The summed E-state index contributed by atoms with van der Waals surface area (Å²) in [4.78, 5) is 13.0. The normalized spacial score (nSPS) is 15.2. The van der Waals surface area contributed by atoms with E-state index < -0.39 is 0 Å². The second-order valence-electron chi connectivity index (χ2n) is 9.19. The summed E-state index contributed by atoms with van der Waals surface area (Å²) in [6, 6.07) is 14.4. The molecule has 0 atom stereocenters. The minimum Gasteiger partial charge on any atom is -0.497 e. The molecule has 3 N–H and O–H groups in total. The molecule has 6 heteroatoms. The Morgan fingerprint density at radius 3 is 2.19 bits per heavy atom. The van der Waals surface area contributed by atoms with Crippen LogP contribution in [0.25, 0.3) is 0 Å². The van der Waals surface area contributed by atoms with Gasteiger partial charge in [0.05, 0.1) is 7.11 Å². The number of piperidine rings is 1. The highest BCUT2D eigenvalue weighted by Gasteiger charge is 2.34. The summed E-state index contributed by atoms with van der Waals surface area (Å²) in [5, 5.41) is 9.82. The Hall–Kier alpha value is -2.24. The molecule has 0 spiro atoms. The highest BCUT2D eigenvalue weighted by molar-refractivity contribution is 5.91. The molecule has 1 saturated heterocycles. The van der Waals surface area contributed by atoms with Crippen LogP contribution in [0.2, 0.25) is 0 Å². The first-order chi connectivity index (χ1) is 14.9. The summed E-state index contributed by atoms with van der Waals surface area (Å²) in [5.41, 5.74) is 4.41. The van der Waals surface area contributed by atoms with Crippen LogP contribution in [0, 0.1) is 0 Å². The number of amides is 2. The third kappa shape index (κ3) is 5.96. The van der Waals surface area contributed by atoms with Gasteiger partial charge in [-0.05, 0) is 66.6 Å². The molecular formula is C26H38ClN3O2. The molecule has 0 radical (unpaired) electrons. The molecule has 2 amide bonds. The molecule has 176 valence electrons. The molecule has 0 aliphatic carbocycles. The number of nitrogens with one attached hydrogen (secondary N) is 3. The Kier molecular flexibility index (Phi) is 9.41. The maximum Gasteiger partial charge on any atom is 0.319 e. The van der Waals surface area contributed by atoms with Gasteiger partial charge in [0.15, 0.2) is 0 Å². The first-order valence-corrected chi connectivity index (χ1v) is 11.4. The topological polar surface area (TPSA) is 62.4 Å². The van der Waals surface area contributed by atoms with Gasteiger partial charge in [0.2, 0.25) is 0 Å². The zero-order chi connectivity index (χ0) is 22.4. The van der Waals surface area contributed by atoms with Crippen molar-refractivity contribution in [3.63, 3.8) is 0 Å². The number of carbonyl (C=O) groups is 1. The van der Waals surface area contributed by atoms with Crippen LogP contribution in [-0.2, 0) is 5.41 Å². The van der Waals surface area contributed by atoms with Crippen LogP contribution in [0.3, 0.4) is 0 Å². The smallest absolute Gasteiger partial charge is 0.319 e. The van der Waals surface area contributed by atoms with Crippen LogP contribution in [-0.4, -0.2) is 32.8 Å². The number of methoxy groups -OCH3 is 1. The van der Waals surface area contributed by atoms with Crippen molar-refractivity contribution < 1.29 is 9.53 Å². The van der Waals surface area contributed by atoms with E-state index >= 15 is 0 Å². The van der Waals surface area contributed by atoms with E-state index in [0.29, 0.717) is 18.4 Å². The SMILES string of the molecule is COc1cccc(C2(CNC(=O)Nc3c(C(C)C)cccc3C(C)C)CCNCC2)c1.Cl. The van der Waals surface area contributed by atoms with E-state index in [0.717, 1.165) is 37.4 Å². The summed E-state index contributed by atoms with van der Waals surface area (Å²) >= 11 is 0. The number of carbonyl (C=O) groups excluding carboxylic acids is 1. The van der Waals surface area contributed by atoms with Gasteiger partial charge >= 0.3 is 6.03 Å². The number of benzene rings is 2. The number of ether oxygens (including phenoxy) is 1. The summed E-state index contributed by atoms with van der Waals surface area (Å²) < 4.78 is 5.45.